The van der Waals surface area contributed by atoms with Gasteiger partial charge in [-0.1, -0.05) is 0 Å². The summed E-state index contributed by atoms with van der Waals surface area (Å²) < 4.78 is 10.1. The van der Waals surface area contributed by atoms with Crippen molar-refractivity contribution in [3.8, 4) is 0 Å². The molecule has 1 N–H and O–H groups in total. The van der Waals surface area contributed by atoms with Crippen LogP contribution in [0.4, 0.5) is 5.69 Å². The van der Waals surface area contributed by atoms with Gasteiger partial charge in [0.15, 0.2) is 6.61 Å². The molecule has 3 amide bonds. The van der Waals surface area contributed by atoms with Gasteiger partial charge in [-0.25, -0.2) is 9.80 Å². The lowest BCUT2D eigenvalue weighted by Crippen LogP contribution is -2.50. The Morgan fingerprint density at radius 2 is 1.71 bits per heavy atom. The zero-order valence-corrected chi connectivity index (χ0v) is 17.3. The standard InChI is InChI=1S/C21H25N3O7/c1-2-30-20(28)15-9-11-23(12-10-15)19(27)13-31-21(29)14-3-5-16(6-4-14)24-18(26)8-7-17(25)22-24/h3-6,15H,2,7-13H2,1H3,(H,22,25). The van der Waals surface area contributed by atoms with E-state index in [4.69, 9.17) is 9.47 Å². The van der Waals surface area contributed by atoms with Gasteiger partial charge >= 0.3 is 11.9 Å². The number of benzene rings is 1. The van der Waals surface area contributed by atoms with Crippen molar-refractivity contribution in [2.45, 2.75) is 32.6 Å². The first kappa shape index (κ1) is 22.3. The number of hydrazine groups is 1. The molecule has 0 radical (unpaired) electrons. The highest BCUT2D eigenvalue weighted by atomic mass is 16.5. The SMILES string of the molecule is CCOC(=O)C1CCN(C(=O)COC(=O)c2ccc(N3NC(=O)CCC3=O)cc2)CC1. The van der Waals surface area contributed by atoms with Crippen LogP contribution < -0.4 is 10.4 Å². The second-order valence-corrected chi connectivity index (χ2v) is 7.29. The smallest absolute Gasteiger partial charge is 0.338 e. The highest BCUT2D eigenvalue weighted by Gasteiger charge is 2.29. The highest BCUT2D eigenvalue weighted by molar-refractivity contribution is 6.01. The molecule has 0 atom stereocenters. The number of piperidine rings is 1. The summed E-state index contributed by atoms with van der Waals surface area (Å²) >= 11 is 0. The third-order valence-electron chi connectivity index (χ3n) is 5.21. The Balaban J connectivity index is 1.47. The van der Waals surface area contributed by atoms with Gasteiger partial charge in [0.2, 0.25) is 11.8 Å². The lowest BCUT2D eigenvalue weighted by atomic mass is 9.97. The second kappa shape index (κ2) is 10.1. The van der Waals surface area contributed by atoms with E-state index in [1.807, 2.05) is 0 Å². The van der Waals surface area contributed by atoms with Crippen molar-refractivity contribution in [2.75, 3.05) is 31.3 Å². The first-order valence-electron chi connectivity index (χ1n) is 10.2. The average molecular weight is 431 g/mol. The van der Waals surface area contributed by atoms with Crippen LogP contribution in [-0.2, 0) is 28.7 Å². The van der Waals surface area contributed by atoms with E-state index in [1.165, 1.54) is 24.3 Å². The van der Waals surface area contributed by atoms with E-state index >= 15 is 0 Å². The third-order valence-corrected chi connectivity index (χ3v) is 5.21. The van der Waals surface area contributed by atoms with Crippen molar-refractivity contribution in [3.63, 3.8) is 0 Å². The third kappa shape index (κ3) is 5.59. The van der Waals surface area contributed by atoms with Gasteiger partial charge in [0, 0.05) is 25.9 Å². The molecule has 0 spiro atoms. The van der Waals surface area contributed by atoms with Crippen LogP contribution >= 0.6 is 0 Å². The van der Waals surface area contributed by atoms with E-state index < -0.39 is 12.6 Å². The molecule has 0 unspecified atom stereocenters. The van der Waals surface area contributed by atoms with Crippen LogP contribution in [0.25, 0.3) is 0 Å². The van der Waals surface area contributed by atoms with E-state index in [0.29, 0.717) is 38.2 Å². The maximum atomic E-state index is 12.3. The summed E-state index contributed by atoms with van der Waals surface area (Å²) in [7, 11) is 0. The number of nitrogens with one attached hydrogen (secondary N) is 1. The minimum absolute atomic E-state index is 0.120. The van der Waals surface area contributed by atoms with Crippen molar-refractivity contribution < 1.29 is 33.4 Å². The Morgan fingerprint density at radius 3 is 2.35 bits per heavy atom. The zero-order chi connectivity index (χ0) is 22.4. The fourth-order valence-corrected chi connectivity index (χ4v) is 3.46. The molecule has 0 saturated carbocycles. The van der Waals surface area contributed by atoms with Gasteiger partial charge in [0.1, 0.15) is 0 Å². The molecule has 2 aliphatic rings. The maximum Gasteiger partial charge on any atom is 0.338 e. The van der Waals surface area contributed by atoms with Gasteiger partial charge in [-0.15, -0.1) is 0 Å². The predicted octanol–water partition coefficient (Wildman–Crippen LogP) is 0.803. The number of amides is 3. The molecule has 3 rings (SSSR count). The van der Waals surface area contributed by atoms with Gasteiger partial charge in [-0.2, -0.15) is 0 Å². The van der Waals surface area contributed by atoms with Gasteiger partial charge in [-0.3, -0.25) is 24.6 Å². The number of carbonyl (C=O) groups is 5. The van der Waals surface area contributed by atoms with Crippen molar-refractivity contribution in [1.29, 1.82) is 0 Å². The molecule has 10 heteroatoms. The zero-order valence-electron chi connectivity index (χ0n) is 17.3. The quantitative estimate of drug-likeness (QED) is 0.661. The van der Waals surface area contributed by atoms with E-state index in [-0.39, 0.29) is 48.0 Å². The highest BCUT2D eigenvalue weighted by Crippen LogP contribution is 2.20. The fourth-order valence-electron chi connectivity index (χ4n) is 3.46. The van der Waals surface area contributed by atoms with E-state index in [9.17, 15) is 24.0 Å². The number of anilines is 1. The number of hydrogen-bond acceptors (Lipinski definition) is 7. The number of hydrogen-bond donors (Lipinski definition) is 1. The van der Waals surface area contributed by atoms with Crippen LogP contribution in [0.5, 0.6) is 0 Å². The number of ether oxygens (including phenoxy) is 2. The Labute approximate surface area is 179 Å². The molecule has 10 nitrogen and oxygen atoms in total. The predicted molar refractivity (Wildman–Crippen MR) is 108 cm³/mol. The van der Waals surface area contributed by atoms with Gasteiger partial charge < -0.3 is 14.4 Å². The average Bonchev–Trinajstić information content (AvgIpc) is 2.79. The van der Waals surface area contributed by atoms with Crippen LogP contribution in [0.2, 0.25) is 0 Å². The van der Waals surface area contributed by atoms with Crippen molar-refractivity contribution in [1.82, 2.24) is 10.3 Å². The first-order valence-corrected chi connectivity index (χ1v) is 10.2. The lowest BCUT2D eigenvalue weighted by molar-refractivity contribution is -0.151. The minimum Gasteiger partial charge on any atom is -0.466 e. The molecule has 2 fully saturated rings. The van der Waals surface area contributed by atoms with Crippen LogP contribution in [0.1, 0.15) is 43.0 Å². The summed E-state index contributed by atoms with van der Waals surface area (Å²) in [5.74, 6) is -1.94. The molecule has 0 aromatic heterocycles. The van der Waals surface area contributed by atoms with Crippen LogP contribution in [0.15, 0.2) is 24.3 Å². The van der Waals surface area contributed by atoms with Crippen LogP contribution in [-0.4, -0.2) is 60.9 Å². The van der Waals surface area contributed by atoms with Crippen LogP contribution in [0, 0.1) is 5.92 Å². The number of esters is 2. The molecule has 2 heterocycles. The summed E-state index contributed by atoms with van der Waals surface area (Å²) in [6, 6.07) is 5.95. The monoisotopic (exact) mass is 431 g/mol. The summed E-state index contributed by atoms with van der Waals surface area (Å²) in [6.45, 7) is 2.50. The summed E-state index contributed by atoms with van der Waals surface area (Å²) in [6.07, 6.45) is 1.31. The molecular weight excluding hydrogens is 406 g/mol. The van der Waals surface area contributed by atoms with Crippen molar-refractivity contribution >= 4 is 35.3 Å². The molecule has 1 aromatic rings. The van der Waals surface area contributed by atoms with Gasteiger partial charge in [0.05, 0.1) is 23.8 Å². The van der Waals surface area contributed by atoms with Crippen molar-refractivity contribution in [2.24, 2.45) is 5.92 Å². The molecule has 0 aliphatic carbocycles. The molecular formula is C21H25N3O7. The Morgan fingerprint density at radius 1 is 1.03 bits per heavy atom. The normalized spacial score (nSPS) is 17.2. The number of carbonyl (C=O) groups excluding carboxylic acids is 5. The van der Waals surface area contributed by atoms with E-state index in [0.717, 1.165) is 5.01 Å². The minimum atomic E-state index is -0.671. The molecule has 31 heavy (non-hydrogen) atoms. The van der Waals surface area contributed by atoms with E-state index in [2.05, 4.69) is 5.43 Å². The second-order valence-electron chi connectivity index (χ2n) is 7.29. The molecule has 2 aliphatic heterocycles. The van der Waals surface area contributed by atoms with Gasteiger partial charge in [0.25, 0.3) is 5.91 Å². The number of likely N-dealkylation sites (tertiary alicyclic amines) is 1. The summed E-state index contributed by atoms with van der Waals surface area (Å²) in [5, 5.41) is 1.14. The Bertz CT molecular complexity index is 860. The number of rotatable bonds is 6. The largest absolute Gasteiger partial charge is 0.466 e. The summed E-state index contributed by atoms with van der Waals surface area (Å²) in [5.41, 5.74) is 3.12. The molecule has 1 aromatic carbocycles. The van der Waals surface area contributed by atoms with Crippen molar-refractivity contribution in [3.05, 3.63) is 29.8 Å². The molecule has 2 saturated heterocycles. The summed E-state index contributed by atoms with van der Waals surface area (Å²) in [4.78, 5) is 61.3. The number of nitrogens with zero attached hydrogens (tertiary/aromatic N) is 2. The Hall–Kier alpha value is -3.43. The fraction of sp³-hybridized carbons (Fsp3) is 0.476. The molecule has 0 bridgehead atoms. The first-order chi connectivity index (χ1) is 14.9. The maximum absolute atomic E-state index is 12.3. The Kier molecular flexibility index (Phi) is 7.22. The topological polar surface area (TPSA) is 122 Å². The molecule has 166 valence electrons. The van der Waals surface area contributed by atoms with Gasteiger partial charge in [-0.05, 0) is 44.0 Å². The lowest BCUT2D eigenvalue weighted by Gasteiger charge is -2.30. The van der Waals surface area contributed by atoms with Crippen LogP contribution in [0.3, 0.4) is 0 Å². The van der Waals surface area contributed by atoms with E-state index in [1.54, 1.807) is 11.8 Å².